The molecular formula is C21H23NO5. The lowest BCUT2D eigenvalue weighted by atomic mass is 9.89. The number of nitrogens with zero attached hydrogens (tertiary/aromatic N) is 1. The number of methoxy groups -OCH3 is 3. The van der Waals surface area contributed by atoms with Crippen molar-refractivity contribution in [3.05, 3.63) is 59.2 Å². The summed E-state index contributed by atoms with van der Waals surface area (Å²) in [4.78, 5) is 26.9. The van der Waals surface area contributed by atoms with E-state index in [-0.39, 0.29) is 18.3 Å². The Morgan fingerprint density at radius 3 is 2.33 bits per heavy atom. The molecule has 0 aliphatic carbocycles. The van der Waals surface area contributed by atoms with Crippen LogP contribution < -0.4 is 9.47 Å². The molecule has 1 heterocycles. The topological polar surface area (TPSA) is 65.1 Å². The molecule has 3 rings (SSSR count). The predicted molar refractivity (Wildman–Crippen MR) is 100 cm³/mol. The van der Waals surface area contributed by atoms with Gasteiger partial charge >= 0.3 is 5.97 Å². The van der Waals surface area contributed by atoms with Crippen molar-refractivity contribution in [2.45, 2.75) is 18.9 Å². The van der Waals surface area contributed by atoms with Gasteiger partial charge in [-0.25, -0.2) is 0 Å². The first-order valence-electron chi connectivity index (χ1n) is 8.76. The van der Waals surface area contributed by atoms with Crippen molar-refractivity contribution >= 4 is 11.9 Å². The summed E-state index contributed by atoms with van der Waals surface area (Å²) in [6, 6.07) is 12.4. The molecule has 1 aliphatic rings. The van der Waals surface area contributed by atoms with Crippen molar-refractivity contribution in [2.24, 2.45) is 0 Å². The van der Waals surface area contributed by atoms with E-state index in [0.717, 1.165) is 11.1 Å². The molecule has 0 fully saturated rings. The van der Waals surface area contributed by atoms with Gasteiger partial charge in [0.1, 0.15) is 0 Å². The largest absolute Gasteiger partial charge is 0.493 e. The maximum Gasteiger partial charge on any atom is 0.307 e. The fraction of sp³-hybridized carbons (Fsp3) is 0.333. The van der Waals surface area contributed by atoms with Crippen LogP contribution in [-0.2, 0) is 16.0 Å². The molecule has 6 nitrogen and oxygen atoms in total. The first-order valence-corrected chi connectivity index (χ1v) is 8.76. The average molecular weight is 369 g/mol. The number of ether oxygens (including phenoxy) is 3. The van der Waals surface area contributed by atoms with Crippen LogP contribution in [0.1, 0.15) is 33.9 Å². The third kappa shape index (κ3) is 3.74. The highest BCUT2D eigenvalue weighted by Gasteiger charge is 2.34. The van der Waals surface area contributed by atoms with Crippen LogP contribution in [0.2, 0.25) is 0 Å². The average Bonchev–Trinajstić information content (AvgIpc) is 2.72. The van der Waals surface area contributed by atoms with Gasteiger partial charge in [0.25, 0.3) is 5.91 Å². The Hall–Kier alpha value is -3.02. The lowest BCUT2D eigenvalue weighted by Crippen LogP contribution is -2.41. The highest BCUT2D eigenvalue weighted by atomic mass is 16.5. The van der Waals surface area contributed by atoms with Crippen molar-refractivity contribution < 1.29 is 23.8 Å². The monoisotopic (exact) mass is 369 g/mol. The van der Waals surface area contributed by atoms with E-state index in [0.29, 0.717) is 30.0 Å². The fourth-order valence-corrected chi connectivity index (χ4v) is 3.48. The molecule has 0 unspecified atom stereocenters. The van der Waals surface area contributed by atoms with Crippen LogP contribution in [0.3, 0.4) is 0 Å². The number of rotatable bonds is 5. The number of esters is 1. The van der Waals surface area contributed by atoms with Gasteiger partial charge in [0.15, 0.2) is 11.5 Å². The zero-order valence-corrected chi connectivity index (χ0v) is 15.7. The minimum absolute atomic E-state index is 0.0809. The van der Waals surface area contributed by atoms with E-state index in [9.17, 15) is 9.59 Å². The number of benzene rings is 2. The second-order valence-electron chi connectivity index (χ2n) is 6.32. The van der Waals surface area contributed by atoms with Gasteiger partial charge in [0.2, 0.25) is 0 Å². The van der Waals surface area contributed by atoms with Crippen molar-refractivity contribution in [2.75, 3.05) is 27.9 Å². The summed E-state index contributed by atoms with van der Waals surface area (Å²) in [7, 11) is 4.50. The molecule has 2 aromatic rings. The quantitative estimate of drug-likeness (QED) is 0.758. The molecule has 0 spiro atoms. The first-order chi connectivity index (χ1) is 13.1. The van der Waals surface area contributed by atoms with Crippen molar-refractivity contribution in [3.8, 4) is 11.5 Å². The molecule has 0 radical (unpaired) electrons. The van der Waals surface area contributed by atoms with Gasteiger partial charge in [-0.1, -0.05) is 18.2 Å². The Bertz CT molecular complexity index is 834. The van der Waals surface area contributed by atoms with E-state index in [1.165, 1.54) is 7.11 Å². The van der Waals surface area contributed by atoms with Gasteiger partial charge in [-0.05, 0) is 41.8 Å². The van der Waals surface area contributed by atoms with E-state index >= 15 is 0 Å². The van der Waals surface area contributed by atoms with E-state index in [1.54, 1.807) is 31.3 Å². The third-order valence-corrected chi connectivity index (χ3v) is 4.87. The molecule has 1 aliphatic heterocycles. The molecule has 142 valence electrons. The molecule has 1 amide bonds. The lowest BCUT2D eigenvalue weighted by molar-refractivity contribution is -0.141. The molecule has 2 aromatic carbocycles. The summed E-state index contributed by atoms with van der Waals surface area (Å²) >= 11 is 0. The van der Waals surface area contributed by atoms with Gasteiger partial charge in [-0.15, -0.1) is 0 Å². The Balaban J connectivity index is 2.04. The molecule has 0 bridgehead atoms. The summed E-state index contributed by atoms with van der Waals surface area (Å²) in [6.45, 7) is 0.512. The number of hydrogen-bond donors (Lipinski definition) is 0. The van der Waals surface area contributed by atoms with Crippen molar-refractivity contribution in [1.29, 1.82) is 0 Å². The second kappa shape index (κ2) is 8.12. The highest BCUT2D eigenvalue weighted by Crippen LogP contribution is 2.40. The Kier molecular flexibility index (Phi) is 5.64. The summed E-state index contributed by atoms with van der Waals surface area (Å²) in [5, 5.41) is 0. The van der Waals surface area contributed by atoms with Crippen molar-refractivity contribution in [3.63, 3.8) is 0 Å². The lowest BCUT2D eigenvalue weighted by Gasteiger charge is -2.37. The Morgan fingerprint density at radius 2 is 1.70 bits per heavy atom. The predicted octanol–water partition coefficient (Wildman–Crippen LogP) is 3.01. The molecule has 27 heavy (non-hydrogen) atoms. The SMILES string of the molecule is COC(=O)C[C@H]1c2cc(OC)c(OC)cc2CCN1C(=O)c1ccccc1. The second-order valence-corrected chi connectivity index (χ2v) is 6.32. The van der Waals surface area contributed by atoms with Gasteiger partial charge in [-0.3, -0.25) is 9.59 Å². The van der Waals surface area contributed by atoms with Crippen LogP contribution in [-0.4, -0.2) is 44.7 Å². The zero-order chi connectivity index (χ0) is 19.4. The van der Waals surface area contributed by atoms with Crippen LogP contribution in [0.15, 0.2) is 42.5 Å². The first kappa shape index (κ1) is 18.8. The summed E-state index contributed by atoms with van der Waals surface area (Å²) in [5.74, 6) is 0.731. The normalized spacial score (nSPS) is 15.7. The fourth-order valence-electron chi connectivity index (χ4n) is 3.48. The number of amides is 1. The maximum atomic E-state index is 13.1. The summed E-state index contributed by atoms with van der Waals surface area (Å²) in [6.07, 6.45) is 0.753. The zero-order valence-electron chi connectivity index (χ0n) is 15.7. The molecule has 0 saturated heterocycles. The Morgan fingerprint density at radius 1 is 1.04 bits per heavy atom. The van der Waals surface area contributed by atoms with E-state index in [1.807, 2.05) is 30.3 Å². The number of fused-ring (bicyclic) bond motifs is 1. The molecule has 0 saturated carbocycles. The van der Waals surface area contributed by atoms with E-state index in [2.05, 4.69) is 0 Å². The molecule has 6 heteroatoms. The number of carbonyl (C=O) groups is 2. The molecular weight excluding hydrogens is 346 g/mol. The van der Waals surface area contributed by atoms with Crippen LogP contribution in [0.25, 0.3) is 0 Å². The summed E-state index contributed by atoms with van der Waals surface area (Å²) < 4.78 is 15.7. The van der Waals surface area contributed by atoms with Crippen LogP contribution in [0.5, 0.6) is 11.5 Å². The molecule has 0 N–H and O–H groups in total. The van der Waals surface area contributed by atoms with Crippen molar-refractivity contribution in [1.82, 2.24) is 4.90 Å². The molecule has 1 atom stereocenters. The Labute approximate surface area is 158 Å². The molecule has 0 aromatic heterocycles. The van der Waals surface area contributed by atoms with E-state index < -0.39 is 6.04 Å². The van der Waals surface area contributed by atoms with Gasteiger partial charge in [0, 0.05) is 12.1 Å². The summed E-state index contributed by atoms with van der Waals surface area (Å²) in [5.41, 5.74) is 2.52. The minimum atomic E-state index is -0.422. The standard InChI is InChI=1S/C21H23NO5/c1-25-18-11-15-9-10-22(21(24)14-7-5-4-6-8-14)17(13-20(23)27-3)16(15)12-19(18)26-2/h4-8,11-12,17H,9-10,13H2,1-3H3/t17-/m0/s1. The van der Waals surface area contributed by atoms with Gasteiger partial charge < -0.3 is 19.1 Å². The van der Waals surface area contributed by atoms with Crippen LogP contribution in [0.4, 0.5) is 0 Å². The smallest absolute Gasteiger partial charge is 0.307 e. The number of carbonyl (C=O) groups excluding carboxylic acids is 2. The van der Waals surface area contributed by atoms with Gasteiger partial charge in [0.05, 0.1) is 33.8 Å². The number of hydrogen-bond acceptors (Lipinski definition) is 5. The van der Waals surface area contributed by atoms with Crippen LogP contribution in [0, 0.1) is 0 Å². The van der Waals surface area contributed by atoms with E-state index in [4.69, 9.17) is 14.2 Å². The van der Waals surface area contributed by atoms with Crippen LogP contribution >= 0.6 is 0 Å². The maximum absolute atomic E-state index is 13.1. The highest BCUT2D eigenvalue weighted by molar-refractivity contribution is 5.95. The van der Waals surface area contributed by atoms with Gasteiger partial charge in [-0.2, -0.15) is 0 Å². The third-order valence-electron chi connectivity index (χ3n) is 4.87. The minimum Gasteiger partial charge on any atom is -0.493 e.